The molecule has 0 aromatic rings. The van der Waals surface area contributed by atoms with Gasteiger partial charge >= 0.3 is 5.97 Å². The number of hydrazone groups is 1. The van der Waals surface area contributed by atoms with Crippen molar-refractivity contribution in [3.63, 3.8) is 0 Å². The van der Waals surface area contributed by atoms with E-state index in [4.69, 9.17) is 10.8 Å². The van der Waals surface area contributed by atoms with Crippen molar-refractivity contribution in [2.75, 3.05) is 6.54 Å². The molecule has 0 aliphatic rings. The van der Waals surface area contributed by atoms with Crippen LogP contribution < -0.4 is 11.1 Å². The number of aliphatic carboxylic acids is 1. The number of nitrogens with one attached hydrogen (secondary N) is 1. The summed E-state index contributed by atoms with van der Waals surface area (Å²) >= 11 is 0. The molecule has 0 spiro atoms. The maximum atomic E-state index is 10.3. The zero-order valence-corrected chi connectivity index (χ0v) is 8.34. The lowest BCUT2D eigenvalue weighted by Crippen LogP contribution is -2.31. The molecule has 0 saturated carbocycles. The van der Waals surface area contributed by atoms with E-state index in [-0.39, 0.29) is 5.84 Å². The van der Waals surface area contributed by atoms with Crippen molar-refractivity contribution in [2.45, 2.75) is 25.8 Å². The molecule has 0 radical (unpaired) electrons. The van der Waals surface area contributed by atoms with Gasteiger partial charge in [-0.3, -0.25) is 4.79 Å². The van der Waals surface area contributed by atoms with Gasteiger partial charge in [-0.15, -0.1) is 0 Å². The van der Waals surface area contributed by atoms with Gasteiger partial charge in [-0.05, 0) is 19.8 Å². The number of nitro groups is 1. The summed E-state index contributed by atoms with van der Waals surface area (Å²) in [5.74, 6) is -0.866. The fourth-order valence-corrected chi connectivity index (χ4v) is 0.873. The molecular formula is C7H14N4O4. The zero-order valence-electron chi connectivity index (χ0n) is 8.34. The fraction of sp³-hybridized carbons (Fsp3) is 0.714. The first kappa shape index (κ1) is 13.3. The summed E-state index contributed by atoms with van der Waals surface area (Å²) in [5, 5.41) is 23.2. The van der Waals surface area contributed by atoms with Crippen molar-refractivity contribution >= 4 is 11.8 Å². The van der Waals surface area contributed by atoms with E-state index >= 15 is 0 Å². The molecule has 0 amide bonds. The Kier molecular flexibility index (Phi) is 5.95. The standard InChI is InChI=1S/C7H14N4O4/c1-5(10-11(14)15)9-4-2-3-6(8)7(12)13/h6H,2-4,8H2,1H3,(H,9,10)(H,12,13). The van der Waals surface area contributed by atoms with Crippen molar-refractivity contribution in [2.24, 2.45) is 10.8 Å². The molecular weight excluding hydrogens is 204 g/mol. The Hall–Kier alpha value is -1.70. The Morgan fingerprint density at radius 1 is 1.73 bits per heavy atom. The summed E-state index contributed by atoms with van der Waals surface area (Å²) in [6.45, 7) is 1.87. The van der Waals surface area contributed by atoms with Crippen LogP contribution in [0.25, 0.3) is 0 Å². The molecule has 15 heavy (non-hydrogen) atoms. The Balaban J connectivity index is 3.63. The average molecular weight is 218 g/mol. The smallest absolute Gasteiger partial charge is 0.320 e. The Bertz CT molecular complexity index is 266. The largest absolute Gasteiger partial charge is 0.480 e. The lowest BCUT2D eigenvalue weighted by molar-refractivity contribution is -0.485. The van der Waals surface area contributed by atoms with E-state index in [0.717, 1.165) is 0 Å². The van der Waals surface area contributed by atoms with Gasteiger partial charge in [0, 0.05) is 6.54 Å². The molecule has 0 rings (SSSR count). The first-order chi connectivity index (χ1) is 6.93. The highest BCUT2D eigenvalue weighted by atomic mass is 16.7. The minimum absolute atomic E-state index is 0.184. The van der Waals surface area contributed by atoms with Gasteiger partial charge in [0.15, 0.2) is 10.9 Å². The first-order valence-corrected chi connectivity index (χ1v) is 4.35. The Morgan fingerprint density at radius 2 is 2.33 bits per heavy atom. The van der Waals surface area contributed by atoms with Gasteiger partial charge in [0.2, 0.25) is 0 Å². The Morgan fingerprint density at radius 3 is 2.80 bits per heavy atom. The summed E-state index contributed by atoms with van der Waals surface area (Å²) in [6, 6.07) is -0.889. The monoisotopic (exact) mass is 218 g/mol. The third-order valence-electron chi connectivity index (χ3n) is 1.62. The number of hydrogen-bond donors (Lipinski definition) is 3. The van der Waals surface area contributed by atoms with Crippen LogP contribution >= 0.6 is 0 Å². The number of carboxylic acid groups (broad SMARTS) is 1. The molecule has 0 aliphatic carbocycles. The number of nitrogens with zero attached hydrogens (tertiary/aromatic N) is 2. The third-order valence-corrected chi connectivity index (χ3v) is 1.62. The van der Waals surface area contributed by atoms with Crippen LogP contribution in [-0.4, -0.2) is 34.5 Å². The van der Waals surface area contributed by atoms with Crippen molar-refractivity contribution in [3.05, 3.63) is 10.1 Å². The molecule has 8 heteroatoms. The summed E-state index contributed by atoms with van der Waals surface area (Å²) < 4.78 is 0. The maximum absolute atomic E-state index is 10.3. The minimum Gasteiger partial charge on any atom is -0.480 e. The highest BCUT2D eigenvalue weighted by molar-refractivity contribution is 5.78. The van der Waals surface area contributed by atoms with Gasteiger partial charge in [0.25, 0.3) is 0 Å². The lowest BCUT2D eigenvalue weighted by atomic mass is 10.2. The van der Waals surface area contributed by atoms with Gasteiger partial charge in [-0.2, -0.15) is 0 Å². The SMILES string of the molecule is C/C(=N\[N+](=O)[O-])NCCCC(N)C(=O)O. The van der Waals surface area contributed by atoms with Crippen LogP contribution in [-0.2, 0) is 4.79 Å². The summed E-state index contributed by atoms with van der Waals surface area (Å²) in [4.78, 5) is 20.2. The number of carbonyl (C=O) groups is 1. The van der Waals surface area contributed by atoms with Gasteiger partial charge in [-0.1, -0.05) is 0 Å². The average Bonchev–Trinajstić information content (AvgIpc) is 2.10. The number of hydrogen-bond acceptors (Lipinski definition) is 4. The topological polar surface area (TPSA) is 131 Å². The predicted octanol–water partition coefficient (Wildman–Crippen LogP) is -0.622. The molecule has 0 aromatic carbocycles. The minimum atomic E-state index is -1.05. The van der Waals surface area contributed by atoms with E-state index in [1.54, 1.807) is 0 Å². The van der Waals surface area contributed by atoms with Crippen LogP contribution in [0.5, 0.6) is 0 Å². The normalized spacial score (nSPS) is 13.3. The van der Waals surface area contributed by atoms with Crippen molar-refractivity contribution in [3.8, 4) is 0 Å². The quantitative estimate of drug-likeness (QED) is 0.179. The highest BCUT2D eigenvalue weighted by Crippen LogP contribution is 1.93. The lowest BCUT2D eigenvalue weighted by Gasteiger charge is -2.06. The molecule has 4 N–H and O–H groups in total. The van der Waals surface area contributed by atoms with Gasteiger partial charge in [0.1, 0.15) is 6.04 Å². The second-order valence-corrected chi connectivity index (χ2v) is 2.94. The first-order valence-electron chi connectivity index (χ1n) is 4.35. The molecule has 0 aromatic heterocycles. The van der Waals surface area contributed by atoms with Crippen LogP contribution in [0, 0.1) is 10.1 Å². The van der Waals surface area contributed by atoms with Gasteiger partial charge in [-0.25, -0.2) is 10.1 Å². The predicted molar refractivity (Wildman–Crippen MR) is 53.0 cm³/mol. The molecule has 0 aliphatic heterocycles. The van der Waals surface area contributed by atoms with Crippen molar-refractivity contribution in [1.82, 2.24) is 5.32 Å². The van der Waals surface area contributed by atoms with Crippen LogP contribution in [0.2, 0.25) is 0 Å². The van der Waals surface area contributed by atoms with E-state index in [1.807, 2.05) is 0 Å². The van der Waals surface area contributed by atoms with E-state index < -0.39 is 17.0 Å². The molecule has 8 nitrogen and oxygen atoms in total. The number of carboxylic acids is 1. The number of rotatable bonds is 6. The summed E-state index contributed by atoms with van der Waals surface area (Å²) in [5.41, 5.74) is 5.25. The van der Waals surface area contributed by atoms with Gasteiger partial charge in [0.05, 0.1) is 5.10 Å². The fourth-order valence-electron chi connectivity index (χ4n) is 0.873. The molecule has 1 unspecified atom stereocenters. The van der Waals surface area contributed by atoms with E-state index in [9.17, 15) is 14.9 Å². The van der Waals surface area contributed by atoms with Gasteiger partial charge < -0.3 is 16.2 Å². The second kappa shape index (κ2) is 6.71. The number of nitrogens with two attached hydrogens (primary N) is 1. The third kappa shape index (κ3) is 7.38. The van der Waals surface area contributed by atoms with Crippen molar-refractivity contribution < 1.29 is 14.9 Å². The molecule has 0 saturated heterocycles. The zero-order chi connectivity index (χ0) is 11.8. The van der Waals surface area contributed by atoms with Crippen LogP contribution in [0.4, 0.5) is 0 Å². The molecule has 86 valence electrons. The van der Waals surface area contributed by atoms with E-state index in [1.165, 1.54) is 6.92 Å². The Labute approximate surface area is 86.3 Å². The molecule has 1 atom stereocenters. The van der Waals surface area contributed by atoms with E-state index in [0.29, 0.717) is 19.4 Å². The summed E-state index contributed by atoms with van der Waals surface area (Å²) in [7, 11) is 0. The second-order valence-electron chi connectivity index (χ2n) is 2.94. The van der Waals surface area contributed by atoms with Crippen molar-refractivity contribution in [1.29, 1.82) is 0 Å². The highest BCUT2D eigenvalue weighted by Gasteiger charge is 2.10. The van der Waals surface area contributed by atoms with Crippen LogP contribution in [0.3, 0.4) is 0 Å². The van der Waals surface area contributed by atoms with E-state index in [2.05, 4.69) is 10.4 Å². The maximum Gasteiger partial charge on any atom is 0.320 e. The number of amidine groups is 1. The molecule has 0 bridgehead atoms. The van der Waals surface area contributed by atoms with Crippen LogP contribution in [0.15, 0.2) is 5.10 Å². The molecule has 0 heterocycles. The molecule has 0 fully saturated rings. The van der Waals surface area contributed by atoms with Crippen LogP contribution in [0.1, 0.15) is 19.8 Å². The summed E-state index contributed by atoms with van der Waals surface area (Å²) in [6.07, 6.45) is 0.826.